The number of benzene rings is 3. The molecule has 0 saturated carbocycles. The zero-order valence-electron chi connectivity index (χ0n) is 19.5. The fraction of sp³-hybridized carbons (Fsp3) is 0.0400. The van der Waals surface area contributed by atoms with Crippen LogP contribution in [-0.4, -0.2) is 36.9 Å². The smallest absolute Gasteiger partial charge is 0.433 e. The lowest BCUT2D eigenvalue weighted by atomic mass is 10.1. The summed E-state index contributed by atoms with van der Waals surface area (Å²) in [6.45, 7) is 0. The van der Waals surface area contributed by atoms with Crippen LogP contribution < -0.4 is 5.43 Å². The Morgan fingerprint density at radius 1 is 1.10 bits per heavy atom. The molecule has 2 aromatic heterocycles. The number of thiazole rings is 1. The molecule has 5 aromatic rings. The fourth-order valence-electron chi connectivity index (χ4n) is 3.66. The van der Waals surface area contributed by atoms with Gasteiger partial charge >= 0.3 is 6.18 Å². The van der Waals surface area contributed by atoms with Crippen molar-refractivity contribution in [2.24, 2.45) is 5.10 Å². The van der Waals surface area contributed by atoms with Gasteiger partial charge in [0.05, 0.1) is 22.9 Å². The summed E-state index contributed by atoms with van der Waals surface area (Å²) in [5.74, 6) is -1.26. The normalized spacial score (nSPS) is 11.8. The summed E-state index contributed by atoms with van der Waals surface area (Å²) >= 11 is 0.782. The monoisotopic (exact) mass is 552 g/mol. The minimum absolute atomic E-state index is 0.0850. The van der Waals surface area contributed by atoms with Crippen LogP contribution in [0.1, 0.15) is 21.7 Å². The fourth-order valence-corrected chi connectivity index (χ4v) is 4.42. The van der Waals surface area contributed by atoms with E-state index in [1.165, 1.54) is 11.4 Å². The van der Waals surface area contributed by atoms with Gasteiger partial charge in [-0.05, 0) is 29.0 Å². The number of aromatic hydroxyl groups is 1. The van der Waals surface area contributed by atoms with Gasteiger partial charge in [0, 0.05) is 22.6 Å². The molecule has 0 atom stereocenters. The molecule has 0 fully saturated rings. The van der Waals surface area contributed by atoms with Crippen molar-refractivity contribution in [1.29, 1.82) is 0 Å². The highest BCUT2D eigenvalue weighted by atomic mass is 32.1. The summed E-state index contributed by atoms with van der Waals surface area (Å²) in [4.78, 5) is 26.5. The van der Waals surface area contributed by atoms with E-state index in [9.17, 15) is 33.2 Å². The maximum absolute atomic E-state index is 13.9. The van der Waals surface area contributed by atoms with Gasteiger partial charge < -0.3 is 5.11 Å². The average molecular weight is 552 g/mol. The molecule has 0 unspecified atom stereocenters. The summed E-state index contributed by atoms with van der Waals surface area (Å²) < 4.78 is 42.3. The Morgan fingerprint density at radius 3 is 2.59 bits per heavy atom. The molecule has 1 amide bonds. The molecule has 0 spiro atoms. The quantitative estimate of drug-likeness (QED) is 0.161. The van der Waals surface area contributed by atoms with E-state index in [-0.39, 0.29) is 27.8 Å². The predicted octanol–water partition coefficient (Wildman–Crippen LogP) is 5.55. The van der Waals surface area contributed by atoms with Crippen LogP contribution in [0.25, 0.3) is 27.2 Å². The number of aromatic nitrogens is 3. The Balaban J connectivity index is 1.39. The Labute approximate surface area is 220 Å². The first-order valence-electron chi connectivity index (χ1n) is 11.0. The van der Waals surface area contributed by atoms with Crippen molar-refractivity contribution in [3.05, 3.63) is 99.2 Å². The summed E-state index contributed by atoms with van der Waals surface area (Å²) in [5.41, 5.74) is 1.21. The van der Waals surface area contributed by atoms with Crippen LogP contribution in [0.4, 0.5) is 18.9 Å². The van der Waals surface area contributed by atoms with Gasteiger partial charge in [-0.15, -0.1) is 11.3 Å². The van der Waals surface area contributed by atoms with Crippen LogP contribution in [0, 0.1) is 10.1 Å². The topological polar surface area (TPSA) is 136 Å². The number of phenolic OH excluding ortho intramolecular Hbond substituents is 1. The third-order valence-corrected chi connectivity index (χ3v) is 6.36. The number of halogens is 3. The van der Waals surface area contributed by atoms with Crippen molar-refractivity contribution in [3.8, 4) is 22.1 Å². The molecular weight excluding hydrogens is 537 g/mol. The van der Waals surface area contributed by atoms with Crippen LogP contribution >= 0.6 is 11.3 Å². The van der Waals surface area contributed by atoms with Crippen molar-refractivity contribution in [2.45, 2.75) is 6.18 Å². The van der Waals surface area contributed by atoms with Crippen molar-refractivity contribution in [2.75, 3.05) is 0 Å². The number of fused-ring (bicyclic) bond motifs is 1. The number of phenols is 1. The lowest BCUT2D eigenvalue weighted by Gasteiger charge is -2.06. The predicted molar refractivity (Wildman–Crippen MR) is 137 cm³/mol. The Hall–Kier alpha value is -5.11. The van der Waals surface area contributed by atoms with Gasteiger partial charge in [-0.2, -0.15) is 23.4 Å². The zero-order chi connectivity index (χ0) is 27.7. The van der Waals surface area contributed by atoms with Gasteiger partial charge in [-0.25, -0.2) is 15.1 Å². The molecule has 0 aliphatic carbocycles. The van der Waals surface area contributed by atoms with Gasteiger partial charge in [0.1, 0.15) is 11.4 Å². The first kappa shape index (κ1) is 25.5. The second-order valence-electron chi connectivity index (χ2n) is 8.10. The molecule has 0 bridgehead atoms. The van der Waals surface area contributed by atoms with E-state index in [0.29, 0.717) is 10.2 Å². The molecule has 39 heavy (non-hydrogen) atoms. The molecule has 196 valence electrons. The molecule has 2 heterocycles. The minimum Gasteiger partial charge on any atom is -0.507 e. The van der Waals surface area contributed by atoms with Crippen LogP contribution in [0.2, 0.25) is 0 Å². The van der Waals surface area contributed by atoms with Crippen LogP contribution in [0.15, 0.2) is 77.2 Å². The molecule has 5 rings (SSSR count). The first-order valence-corrected chi connectivity index (χ1v) is 11.9. The summed E-state index contributed by atoms with van der Waals surface area (Å²) in [5, 5.41) is 31.3. The number of hydrogen-bond acceptors (Lipinski definition) is 8. The maximum Gasteiger partial charge on any atom is 0.433 e. The number of nitro benzene ring substituents is 1. The summed E-state index contributed by atoms with van der Waals surface area (Å²) in [6.07, 6.45) is -3.69. The van der Waals surface area contributed by atoms with Gasteiger partial charge in [-0.1, -0.05) is 36.4 Å². The standard InChI is InChI=1S/C25H15F3N6O4S/c26-25(27,28)22-11-19(16-6-5-14-3-1-2-4-15(14)9-16)32-33(22)24-30-20(13-39-24)23(36)31-29-12-17-7-8-18(34(37)38)10-21(17)35/h1-13,35H,(H,31,36). The maximum atomic E-state index is 13.9. The van der Waals surface area contributed by atoms with E-state index in [0.717, 1.165) is 46.5 Å². The van der Waals surface area contributed by atoms with Crippen LogP contribution in [-0.2, 0) is 6.18 Å². The van der Waals surface area contributed by atoms with Crippen LogP contribution in [0.3, 0.4) is 0 Å². The molecule has 3 aromatic carbocycles. The summed E-state index contributed by atoms with van der Waals surface area (Å²) in [7, 11) is 0. The number of carbonyl (C=O) groups excluding carboxylic acids is 1. The largest absolute Gasteiger partial charge is 0.507 e. The van der Waals surface area contributed by atoms with Gasteiger partial charge in [0.25, 0.3) is 11.6 Å². The third-order valence-electron chi connectivity index (χ3n) is 5.55. The lowest BCUT2D eigenvalue weighted by Crippen LogP contribution is -2.18. The van der Waals surface area contributed by atoms with Crippen molar-refractivity contribution < 1.29 is 28.0 Å². The lowest BCUT2D eigenvalue weighted by molar-refractivity contribution is -0.384. The van der Waals surface area contributed by atoms with E-state index >= 15 is 0 Å². The van der Waals surface area contributed by atoms with Crippen molar-refractivity contribution in [1.82, 2.24) is 20.2 Å². The van der Waals surface area contributed by atoms with E-state index < -0.39 is 28.5 Å². The molecular formula is C25H15F3N6O4S. The number of amides is 1. The number of non-ortho nitro benzene ring substituents is 1. The highest BCUT2D eigenvalue weighted by Gasteiger charge is 2.37. The average Bonchev–Trinajstić information content (AvgIpc) is 3.57. The van der Waals surface area contributed by atoms with Crippen LogP contribution in [0.5, 0.6) is 5.75 Å². The zero-order valence-corrected chi connectivity index (χ0v) is 20.3. The number of nitro groups is 1. The second-order valence-corrected chi connectivity index (χ2v) is 8.94. The first-order chi connectivity index (χ1) is 18.6. The van der Waals surface area contributed by atoms with Gasteiger partial charge in [-0.3, -0.25) is 14.9 Å². The number of alkyl halides is 3. The van der Waals surface area contributed by atoms with Gasteiger partial charge in [0.2, 0.25) is 5.13 Å². The number of rotatable bonds is 6. The molecule has 0 aliphatic heterocycles. The number of carbonyl (C=O) groups is 1. The number of nitrogens with one attached hydrogen (secondary N) is 1. The Bertz CT molecular complexity index is 1760. The Kier molecular flexibility index (Phi) is 6.54. The molecule has 0 radical (unpaired) electrons. The number of hydrazone groups is 1. The molecule has 14 heteroatoms. The minimum atomic E-state index is -4.74. The van der Waals surface area contributed by atoms with Crippen molar-refractivity contribution >= 4 is 39.9 Å². The third kappa shape index (κ3) is 5.31. The number of hydrogen-bond donors (Lipinski definition) is 2. The van der Waals surface area contributed by atoms with E-state index in [2.05, 4.69) is 20.6 Å². The number of nitrogens with zero attached hydrogens (tertiary/aromatic N) is 5. The molecule has 2 N–H and O–H groups in total. The van der Waals surface area contributed by atoms with Crippen molar-refractivity contribution in [3.63, 3.8) is 0 Å². The van der Waals surface area contributed by atoms with Gasteiger partial charge in [0.15, 0.2) is 5.69 Å². The highest BCUT2D eigenvalue weighted by Crippen LogP contribution is 2.35. The summed E-state index contributed by atoms with van der Waals surface area (Å²) in [6, 6.07) is 16.8. The highest BCUT2D eigenvalue weighted by molar-refractivity contribution is 7.12. The SMILES string of the molecule is O=C(NN=Cc1ccc([N+](=O)[O-])cc1O)c1csc(-n2nc(-c3ccc4ccccc4c3)cc2C(F)(F)F)n1. The van der Waals surface area contributed by atoms with E-state index in [4.69, 9.17) is 0 Å². The molecule has 0 aliphatic rings. The molecule has 10 nitrogen and oxygen atoms in total. The molecule has 0 saturated heterocycles. The van der Waals surface area contributed by atoms with E-state index in [1.54, 1.807) is 18.2 Å². The second kappa shape index (κ2) is 9.98. The Morgan fingerprint density at radius 2 is 1.87 bits per heavy atom. The van der Waals surface area contributed by atoms with E-state index in [1.807, 2.05) is 24.3 Å².